The maximum atomic E-state index is 4.26. The molecule has 1 aliphatic heterocycles. The Morgan fingerprint density at radius 3 is 2.11 bits per heavy atom. The van der Waals surface area contributed by atoms with Gasteiger partial charge in [-0.05, 0) is 24.3 Å². The van der Waals surface area contributed by atoms with Gasteiger partial charge in [0, 0.05) is 6.21 Å². The highest BCUT2D eigenvalue weighted by molar-refractivity contribution is 5.77. The van der Waals surface area contributed by atoms with Crippen LogP contribution in [0.25, 0.3) is 0 Å². The van der Waals surface area contributed by atoms with Gasteiger partial charge in [0.15, 0.2) is 0 Å². The standard InChI is InChI=1S/C8H7N/c1-2-5-8(4-1)6-3-7-9-8/h1-7H. The molecule has 0 unspecified atom stereocenters. The zero-order valence-corrected chi connectivity index (χ0v) is 4.99. The van der Waals surface area contributed by atoms with Gasteiger partial charge in [0.1, 0.15) is 5.54 Å². The molecule has 1 heteroatoms. The number of hydrogen-bond acceptors (Lipinski definition) is 1. The highest BCUT2D eigenvalue weighted by Gasteiger charge is 2.21. The average Bonchev–Trinajstić information content (AvgIpc) is 2.45. The van der Waals surface area contributed by atoms with Crippen LogP contribution in [-0.2, 0) is 0 Å². The van der Waals surface area contributed by atoms with Crippen LogP contribution in [0.2, 0.25) is 0 Å². The molecular weight excluding hydrogens is 110 g/mol. The first-order valence-corrected chi connectivity index (χ1v) is 3.01. The topological polar surface area (TPSA) is 12.4 Å². The Bertz CT molecular complexity index is 177. The van der Waals surface area contributed by atoms with E-state index in [1.165, 1.54) is 0 Å². The van der Waals surface area contributed by atoms with Crippen molar-refractivity contribution < 1.29 is 0 Å². The minimum atomic E-state index is -0.0833. The third-order valence-electron chi connectivity index (χ3n) is 1.58. The molecule has 0 aromatic rings. The maximum Gasteiger partial charge on any atom is 0.116 e. The zero-order chi connectivity index (χ0) is 6.16. The molecule has 9 heavy (non-hydrogen) atoms. The van der Waals surface area contributed by atoms with E-state index in [1.807, 2.05) is 24.4 Å². The zero-order valence-electron chi connectivity index (χ0n) is 4.99. The summed E-state index contributed by atoms with van der Waals surface area (Å²) in [7, 11) is 0. The highest BCUT2D eigenvalue weighted by Crippen LogP contribution is 2.24. The summed E-state index contributed by atoms with van der Waals surface area (Å²) < 4.78 is 0. The van der Waals surface area contributed by atoms with Crippen LogP contribution in [0.1, 0.15) is 0 Å². The van der Waals surface area contributed by atoms with Crippen LogP contribution in [0.3, 0.4) is 0 Å². The summed E-state index contributed by atoms with van der Waals surface area (Å²) in [6.07, 6.45) is 14.1. The lowest BCUT2D eigenvalue weighted by molar-refractivity contribution is 0.860. The summed E-state index contributed by atoms with van der Waals surface area (Å²) in [4.78, 5) is 4.26. The molecule has 0 saturated carbocycles. The molecule has 0 aromatic heterocycles. The molecule has 0 bridgehead atoms. The van der Waals surface area contributed by atoms with Crippen molar-refractivity contribution in [2.45, 2.75) is 5.54 Å². The number of aliphatic imine (C=N–C) groups is 1. The molecular formula is C8H7N. The van der Waals surface area contributed by atoms with Crippen molar-refractivity contribution in [3.05, 3.63) is 36.5 Å². The molecule has 0 atom stereocenters. The number of rotatable bonds is 0. The van der Waals surface area contributed by atoms with E-state index in [0.29, 0.717) is 0 Å². The Labute approximate surface area is 54.1 Å². The fourth-order valence-corrected chi connectivity index (χ4v) is 1.08. The Hall–Kier alpha value is -1.11. The monoisotopic (exact) mass is 117 g/mol. The van der Waals surface area contributed by atoms with Gasteiger partial charge in [-0.15, -0.1) is 0 Å². The first kappa shape index (κ1) is 4.74. The minimum Gasteiger partial charge on any atom is -0.274 e. The molecule has 1 heterocycles. The Morgan fingerprint density at radius 1 is 0.889 bits per heavy atom. The third-order valence-corrected chi connectivity index (χ3v) is 1.58. The van der Waals surface area contributed by atoms with Crippen molar-refractivity contribution in [2.24, 2.45) is 4.99 Å². The summed E-state index contributed by atoms with van der Waals surface area (Å²) in [6, 6.07) is 0. The van der Waals surface area contributed by atoms with Crippen molar-refractivity contribution in [1.82, 2.24) is 0 Å². The van der Waals surface area contributed by atoms with Crippen molar-refractivity contribution >= 4 is 6.21 Å². The van der Waals surface area contributed by atoms with Gasteiger partial charge in [-0.2, -0.15) is 0 Å². The van der Waals surface area contributed by atoms with Crippen molar-refractivity contribution in [2.75, 3.05) is 0 Å². The predicted octanol–water partition coefficient (Wildman–Crippen LogP) is 1.49. The van der Waals surface area contributed by atoms with Crippen LogP contribution in [0.4, 0.5) is 0 Å². The molecule has 1 aliphatic carbocycles. The van der Waals surface area contributed by atoms with E-state index in [9.17, 15) is 0 Å². The van der Waals surface area contributed by atoms with Crippen molar-refractivity contribution in [3.63, 3.8) is 0 Å². The number of nitrogens with zero attached hydrogens (tertiary/aromatic N) is 1. The number of allylic oxidation sites excluding steroid dienone is 3. The van der Waals surface area contributed by atoms with Gasteiger partial charge in [-0.1, -0.05) is 12.2 Å². The summed E-state index contributed by atoms with van der Waals surface area (Å²) in [5, 5.41) is 0. The molecule has 44 valence electrons. The predicted molar refractivity (Wildman–Crippen MR) is 38.6 cm³/mol. The molecule has 0 N–H and O–H groups in total. The normalized spacial score (nSPS) is 24.9. The molecule has 0 aromatic carbocycles. The van der Waals surface area contributed by atoms with E-state index in [4.69, 9.17) is 0 Å². The summed E-state index contributed by atoms with van der Waals surface area (Å²) >= 11 is 0. The van der Waals surface area contributed by atoms with Crippen molar-refractivity contribution in [3.8, 4) is 0 Å². The SMILES string of the molecule is C1=CC2(C=C1)C=CC=N2. The molecule has 0 radical (unpaired) electrons. The molecule has 0 amide bonds. The van der Waals surface area contributed by atoms with Crippen LogP contribution in [0.15, 0.2) is 41.4 Å². The molecule has 0 fully saturated rings. The van der Waals surface area contributed by atoms with Gasteiger partial charge >= 0.3 is 0 Å². The van der Waals surface area contributed by atoms with Crippen LogP contribution < -0.4 is 0 Å². The minimum absolute atomic E-state index is 0.0833. The van der Waals surface area contributed by atoms with Gasteiger partial charge in [0.25, 0.3) is 0 Å². The molecule has 1 spiro atoms. The van der Waals surface area contributed by atoms with Crippen LogP contribution in [0, 0.1) is 0 Å². The van der Waals surface area contributed by atoms with E-state index in [1.54, 1.807) is 0 Å². The second kappa shape index (κ2) is 1.44. The van der Waals surface area contributed by atoms with Gasteiger partial charge in [0.05, 0.1) is 0 Å². The van der Waals surface area contributed by atoms with Crippen molar-refractivity contribution in [1.29, 1.82) is 0 Å². The molecule has 0 saturated heterocycles. The van der Waals surface area contributed by atoms with Gasteiger partial charge < -0.3 is 0 Å². The first-order chi connectivity index (χ1) is 4.41. The van der Waals surface area contributed by atoms with E-state index >= 15 is 0 Å². The number of hydrogen-bond donors (Lipinski definition) is 0. The van der Waals surface area contributed by atoms with E-state index in [-0.39, 0.29) is 5.54 Å². The smallest absolute Gasteiger partial charge is 0.116 e. The van der Waals surface area contributed by atoms with Crippen LogP contribution in [-0.4, -0.2) is 11.8 Å². The second-order valence-corrected chi connectivity index (χ2v) is 2.24. The summed E-state index contributed by atoms with van der Waals surface area (Å²) in [5.74, 6) is 0. The van der Waals surface area contributed by atoms with Gasteiger partial charge in [0.2, 0.25) is 0 Å². The molecule has 2 rings (SSSR count). The summed E-state index contributed by atoms with van der Waals surface area (Å²) in [6.45, 7) is 0. The average molecular weight is 117 g/mol. The molecule has 2 aliphatic rings. The Morgan fingerprint density at radius 2 is 1.56 bits per heavy atom. The third kappa shape index (κ3) is 0.578. The maximum absolute atomic E-state index is 4.26. The van der Waals surface area contributed by atoms with E-state index in [2.05, 4.69) is 23.2 Å². The lowest BCUT2D eigenvalue weighted by Crippen LogP contribution is -2.10. The van der Waals surface area contributed by atoms with Crippen LogP contribution in [0.5, 0.6) is 0 Å². The fourth-order valence-electron chi connectivity index (χ4n) is 1.08. The van der Waals surface area contributed by atoms with E-state index in [0.717, 1.165) is 0 Å². The highest BCUT2D eigenvalue weighted by atomic mass is 14.8. The summed E-state index contributed by atoms with van der Waals surface area (Å²) in [5.41, 5.74) is -0.0833. The quantitative estimate of drug-likeness (QED) is 0.456. The fraction of sp³-hybridized carbons (Fsp3) is 0.125. The molecule has 1 nitrogen and oxygen atoms in total. The first-order valence-electron chi connectivity index (χ1n) is 3.01. The second-order valence-electron chi connectivity index (χ2n) is 2.24. The Kier molecular flexibility index (Phi) is 0.758. The van der Waals surface area contributed by atoms with E-state index < -0.39 is 0 Å². The lowest BCUT2D eigenvalue weighted by atomic mass is 10.1. The van der Waals surface area contributed by atoms with Crippen LogP contribution >= 0.6 is 0 Å². The largest absolute Gasteiger partial charge is 0.274 e. The van der Waals surface area contributed by atoms with Gasteiger partial charge in [-0.3, -0.25) is 4.99 Å². The Balaban J connectivity index is 2.46. The lowest BCUT2D eigenvalue weighted by Gasteiger charge is -2.09. The van der Waals surface area contributed by atoms with Gasteiger partial charge in [-0.25, -0.2) is 0 Å².